The summed E-state index contributed by atoms with van der Waals surface area (Å²) in [6.45, 7) is 15.7. The maximum atomic E-state index is 13.6. The van der Waals surface area contributed by atoms with Crippen LogP contribution >= 0.6 is 44.0 Å². The Morgan fingerprint density at radius 2 is 0.377 bits per heavy atom. The summed E-state index contributed by atoms with van der Waals surface area (Å²) in [5.41, 5.74) is 0. The van der Waals surface area contributed by atoms with Crippen LogP contribution in [0.25, 0.3) is 0 Å². The first-order chi connectivity index (χ1) is 64.0. The van der Waals surface area contributed by atoms with Crippen LogP contribution in [0, 0.1) is 0 Å². The fourth-order valence-electron chi connectivity index (χ4n) is 17.2. The molecule has 766 valence electrons. The molecule has 0 fully saturated rings. The highest BCUT2D eigenvalue weighted by Crippen LogP contribution is 2.36. The summed E-state index contributed by atoms with van der Waals surface area (Å²) >= 11 is 4.31. The number of thiol groups is 1. The van der Waals surface area contributed by atoms with Crippen LogP contribution in [-0.4, -0.2) is 90.5 Å². The van der Waals surface area contributed by atoms with Gasteiger partial charge in [0.1, 0.15) is 18.1 Å². The summed E-state index contributed by atoms with van der Waals surface area (Å²) in [5.74, 6) is 1.79. The summed E-state index contributed by atoms with van der Waals surface area (Å²) in [6.07, 6.45) is 120. The molecule has 6 N–H and O–H groups in total. The number of hydrogen-bond donors (Lipinski definition) is 7. The molecular formula is C114H220N6O6S4. The Labute approximate surface area is 826 Å². The van der Waals surface area contributed by atoms with E-state index >= 15 is 0 Å². The largest absolute Gasteiger partial charge is 0.354 e. The van der Waals surface area contributed by atoms with Crippen LogP contribution in [0.2, 0.25) is 0 Å². The molecule has 0 radical (unpaired) electrons. The smallest absolute Gasteiger partial charge is 0.242 e. The summed E-state index contributed by atoms with van der Waals surface area (Å²) < 4.78 is 0. The van der Waals surface area contributed by atoms with Gasteiger partial charge in [0.05, 0.1) is 0 Å². The van der Waals surface area contributed by atoms with Crippen LogP contribution in [0.5, 0.6) is 0 Å². The molecule has 3 atom stereocenters. The fourth-order valence-corrected chi connectivity index (χ4v) is 21.4. The molecule has 0 aromatic carbocycles. The van der Waals surface area contributed by atoms with E-state index in [9.17, 15) is 28.8 Å². The second-order valence-corrected chi connectivity index (χ2v) is 43.7. The van der Waals surface area contributed by atoms with Crippen molar-refractivity contribution >= 4 is 79.5 Å². The second kappa shape index (κ2) is 113. The maximum Gasteiger partial charge on any atom is 0.242 e. The Kier molecular flexibility index (Phi) is 113. The first-order valence-corrected chi connectivity index (χ1v) is 61.7. The predicted octanol–water partition coefficient (Wildman–Crippen LogP) is 35.5. The van der Waals surface area contributed by atoms with E-state index in [-0.39, 0.29) is 35.4 Å². The number of carbonyl (C=O) groups excluding carboxylic acids is 6. The average molecular weight is 1900 g/mol. The van der Waals surface area contributed by atoms with Gasteiger partial charge in [-0.15, -0.1) is 0 Å². The zero-order valence-electron chi connectivity index (χ0n) is 87.1. The van der Waals surface area contributed by atoms with E-state index < -0.39 is 18.1 Å². The standard InChI is InChI=1S/C76H146N4O4S3.C38H74N2O2S/c1-5-9-13-17-21-25-29-33-37-39-43-47-51-55-59-63-73(81)79-71(75(83)77-67-61-57-53-49-45-41-35-31-27-23-19-15-11-7-3)65-69-85-87-86-70-66-72(76(84)78-68-62-58-54-50-46-42-36-32-28-24-20-16-12-8-4)80-74(82)64-60-56-52-48-44-40-38-34-30-26-22-18-14-10-6-2;1-3-5-7-9-11-13-15-17-19-20-22-24-26-28-30-32-37(41)40-36(33-35-43)38(42)39-34-31-29-27-25-23-21-18-16-14-12-10-8-6-4-2/h33-34,37-38,71-72H,5-32,35-36,39-70H2,1-4H3,(H,77,83)(H,78,84)(H,79,81)(H,80,82);17,19,36,43H,3-16,18,20-35H2,1-2H3,(H,39,42)(H,40,41)/b37-33+,38-34+;19-17+. The molecule has 0 aromatic rings. The molecule has 0 saturated heterocycles. The Balaban J connectivity index is 0. The highest BCUT2D eigenvalue weighted by Gasteiger charge is 2.24. The van der Waals surface area contributed by atoms with E-state index in [0.717, 1.165) is 114 Å². The summed E-state index contributed by atoms with van der Waals surface area (Å²) in [4.78, 5) is 78.9. The zero-order chi connectivity index (χ0) is 94.6. The number of hydrogen-bond acceptors (Lipinski definition) is 10. The maximum absolute atomic E-state index is 13.6. The predicted molar refractivity (Wildman–Crippen MR) is 584 cm³/mol. The molecule has 0 aliphatic carbocycles. The van der Waals surface area contributed by atoms with Crippen molar-refractivity contribution in [2.45, 2.75) is 618 Å². The summed E-state index contributed by atoms with van der Waals surface area (Å²) in [6, 6.07) is -1.55. The first-order valence-electron chi connectivity index (χ1n) is 57.2. The van der Waals surface area contributed by atoms with Crippen molar-refractivity contribution in [3.8, 4) is 0 Å². The van der Waals surface area contributed by atoms with Crippen molar-refractivity contribution in [1.82, 2.24) is 31.9 Å². The molecule has 0 heterocycles. The molecule has 130 heavy (non-hydrogen) atoms. The molecule has 0 aliphatic rings. The van der Waals surface area contributed by atoms with Crippen LogP contribution in [0.15, 0.2) is 36.5 Å². The Morgan fingerprint density at radius 1 is 0.215 bits per heavy atom. The average Bonchev–Trinajstić information content (AvgIpc) is 0.927. The van der Waals surface area contributed by atoms with Gasteiger partial charge < -0.3 is 31.9 Å². The van der Waals surface area contributed by atoms with Gasteiger partial charge in [-0.1, -0.05) is 504 Å². The number of unbranched alkanes of at least 4 members (excludes halogenated alkanes) is 72. The van der Waals surface area contributed by atoms with Gasteiger partial charge in [0.15, 0.2) is 0 Å². The van der Waals surface area contributed by atoms with Crippen molar-refractivity contribution in [3.05, 3.63) is 36.5 Å². The fraction of sp³-hybridized carbons (Fsp3) is 0.895. The molecule has 3 unspecified atom stereocenters. The minimum absolute atomic E-state index is 0.00365. The van der Waals surface area contributed by atoms with Gasteiger partial charge in [0, 0.05) is 50.4 Å². The third-order valence-corrected chi connectivity index (χ3v) is 30.5. The zero-order valence-corrected chi connectivity index (χ0v) is 90.4. The monoisotopic (exact) mass is 1900 g/mol. The van der Waals surface area contributed by atoms with Gasteiger partial charge in [0.2, 0.25) is 35.4 Å². The Hall–Kier alpha value is -2.56. The lowest BCUT2D eigenvalue weighted by molar-refractivity contribution is -0.129. The van der Waals surface area contributed by atoms with E-state index in [1.54, 1.807) is 31.4 Å². The van der Waals surface area contributed by atoms with Crippen molar-refractivity contribution in [3.63, 3.8) is 0 Å². The van der Waals surface area contributed by atoms with E-state index in [1.807, 2.05) is 0 Å². The highest BCUT2D eigenvalue weighted by molar-refractivity contribution is 9.09. The van der Waals surface area contributed by atoms with Crippen molar-refractivity contribution in [1.29, 1.82) is 0 Å². The lowest BCUT2D eigenvalue weighted by Gasteiger charge is -2.19. The Morgan fingerprint density at radius 3 is 0.562 bits per heavy atom. The van der Waals surface area contributed by atoms with Crippen LogP contribution in [0.4, 0.5) is 0 Å². The highest BCUT2D eigenvalue weighted by atomic mass is 33.5. The van der Waals surface area contributed by atoms with E-state index in [2.05, 4.69) is 123 Å². The number of carbonyl (C=O) groups is 6. The van der Waals surface area contributed by atoms with Crippen LogP contribution in [0.1, 0.15) is 600 Å². The second-order valence-electron chi connectivity index (χ2n) is 38.8. The van der Waals surface area contributed by atoms with Gasteiger partial charge >= 0.3 is 0 Å². The number of amides is 6. The van der Waals surface area contributed by atoms with Gasteiger partial charge in [-0.3, -0.25) is 28.8 Å². The minimum atomic E-state index is -0.546. The number of nitrogens with one attached hydrogen (secondary N) is 6. The third kappa shape index (κ3) is 104. The quantitative estimate of drug-likeness (QED) is 0.0135. The molecular weight excluding hydrogens is 1680 g/mol. The topological polar surface area (TPSA) is 175 Å². The van der Waals surface area contributed by atoms with Gasteiger partial charge in [-0.2, -0.15) is 12.6 Å². The number of rotatable bonds is 106. The molecule has 6 amide bonds. The molecule has 0 aliphatic heterocycles. The normalized spacial score (nSPS) is 12.3. The molecule has 12 nitrogen and oxygen atoms in total. The molecule has 0 aromatic heterocycles. The molecule has 0 rings (SSSR count). The van der Waals surface area contributed by atoms with Crippen molar-refractivity contribution < 1.29 is 28.8 Å². The SMILES string of the molecule is CCCCCCCC/C=C/CCCCCCCC(=O)NC(CCS)C(=O)NCCCCCCCCCCCCCCCC.CCCCCCCC/C=C/CCCCCCCC(=O)NC(CCSSSCCC(NC(=O)CCCCCCC/C=C/CCCCCCCC)C(=O)NCCCCCCCCCCCCCCCC)C(=O)NCCCCCCCCCCCCCCCC. The van der Waals surface area contributed by atoms with Gasteiger partial charge in [0.25, 0.3) is 0 Å². The van der Waals surface area contributed by atoms with Crippen LogP contribution < -0.4 is 31.9 Å². The van der Waals surface area contributed by atoms with E-state index in [4.69, 9.17) is 0 Å². The minimum Gasteiger partial charge on any atom is -0.354 e. The van der Waals surface area contributed by atoms with E-state index in [1.165, 1.54) is 417 Å². The van der Waals surface area contributed by atoms with E-state index in [0.29, 0.717) is 63.9 Å². The molecule has 0 spiro atoms. The van der Waals surface area contributed by atoms with Gasteiger partial charge in [-0.25, -0.2) is 0 Å². The summed E-state index contributed by atoms with van der Waals surface area (Å²) in [7, 11) is 5.08. The lowest BCUT2D eigenvalue weighted by Crippen LogP contribution is -2.47. The summed E-state index contributed by atoms with van der Waals surface area (Å²) in [5, 5.41) is 18.6. The van der Waals surface area contributed by atoms with Crippen LogP contribution in [0.3, 0.4) is 0 Å². The third-order valence-electron chi connectivity index (χ3n) is 25.9. The Bertz CT molecular complexity index is 2330. The van der Waals surface area contributed by atoms with Gasteiger partial charge in [-0.05, 0) is 150 Å². The number of allylic oxidation sites excluding steroid dienone is 6. The first kappa shape index (κ1) is 129. The van der Waals surface area contributed by atoms with Crippen LogP contribution in [-0.2, 0) is 28.8 Å². The lowest BCUT2D eigenvalue weighted by atomic mass is 10.0. The van der Waals surface area contributed by atoms with Crippen molar-refractivity contribution in [2.75, 3.05) is 36.9 Å². The molecule has 16 heteroatoms. The molecule has 0 bridgehead atoms. The molecule has 0 saturated carbocycles. The van der Waals surface area contributed by atoms with Crippen molar-refractivity contribution in [2.24, 2.45) is 0 Å².